The number of carbonyl (C=O) groups excluding carboxylic acids is 3. The molecular weight excluding hydrogens is 328 g/mol. The van der Waals surface area contributed by atoms with Gasteiger partial charge in [-0.05, 0) is 24.8 Å². The van der Waals surface area contributed by atoms with Crippen LogP contribution in [0.25, 0.3) is 0 Å². The number of hydrogen-bond acceptors (Lipinski definition) is 4. The Bertz CT molecular complexity index is 670. The average Bonchev–Trinajstić information content (AvgIpc) is 2.84. The Morgan fingerprint density at radius 1 is 1.12 bits per heavy atom. The molecule has 0 aromatic heterocycles. The monoisotopic (exact) mass is 358 g/mol. The van der Waals surface area contributed by atoms with Crippen LogP contribution in [0.2, 0.25) is 0 Å². The number of hydrogen-bond donors (Lipinski definition) is 0. The molecule has 2 rings (SSSR count). The number of fused-ring (bicyclic) bond motifs is 1. The molecule has 0 aromatic rings. The van der Waals surface area contributed by atoms with Crippen molar-refractivity contribution in [3.63, 3.8) is 0 Å². The fourth-order valence-electron chi connectivity index (χ4n) is 3.92. The predicted octanol–water partition coefficient (Wildman–Crippen LogP) is 4.06. The summed E-state index contributed by atoms with van der Waals surface area (Å²) in [6.07, 6.45) is 6.30. The lowest BCUT2D eigenvalue weighted by atomic mass is 9.87. The van der Waals surface area contributed by atoms with Crippen LogP contribution >= 0.6 is 0 Å². The fourth-order valence-corrected chi connectivity index (χ4v) is 3.92. The fraction of sp³-hybridized carbons (Fsp3) is 0.591. The van der Waals surface area contributed by atoms with Crippen molar-refractivity contribution in [2.24, 2.45) is 29.6 Å². The number of Topliss-reactive ketones (excluding diaryl/α,β-unsaturated/α-hetero) is 2. The molecule has 0 heterocycles. The first-order valence-corrected chi connectivity index (χ1v) is 9.40. The van der Waals surface area contributed by atoms with Gasteiger partial charge in [0.2, 0.25) is 0 Å². The zero-order valence-corrected chi connectivity index (χ0v) is 16.5. The van der Waals surface area contributed by atoms with Crippen LogP contribution < -0.4 is 0 Å². The molecule has 1 saturated carbocycles. The van der Waals surface area contributed by atoms with E-state index in [1.807, 2.05) is 45.9 Å². The highest BCUT2D eigenvalue weighted by atomic mass is 16.5. The third-order valence-electron chi connectivity index (χ3n) is 5.58. The van der Waals surface area contributed by atoms with Gasteiger partial charge in [0.05, 0.1) is 0 Å². The van der Waals surface area contributed by atoms with Crippen LogP contribution in [0, 0.1) is 29.6 Å². The second kappa shape index (κ2) is 8.15. The van der Waals surface area contributed by atoms with Crippen molar-refractivity contribution in [3.05, 3.63) is 36.0 Å². The average molecular weight is 358 g/mol. The minimum atomic E-state index is -0.425. The van der Waals surface area contributed by atoms with Crippen molar-refractivity contribution in [1.29, 1.82) is 0 Å². The molecule has 142 valence electrons. The molecule has 0 bridgehead atoms. The van der Waals surface area contributed by atoms with E-state index in [0.717, 1.165) is 11.1 Å². The second-order valence-corrected chi connectivity index (χ2v) is 7.95. The molecule has 1 fully saturated rings. The van der Waals surface area contributed by atoms with Crippen LogP contribution in [-0.4, -0.2) is 23.6 Å². The number of ketones is 2. The van der Waals surface area contributed by atoms with E-state index in [1.165, 1.54) is 6.92 Å². The van der Waals surface area contributed by atoms with E-state index in [1.54, 1.807) is 0 Å². The van der Waals surface area contributed by atoms with Crippen molar-refractivity contribution in [3.8, 4) is 0 Å². The van der Waals surface area contributed by atoms with Crippen LogP contribution in [0.15, 0.2) is 36.0 Å². The largest absolute Gasteiger partial charge is 0.458 e. The lowest BCUT2D eigenvalue weighted by Crippen LogP contribution is -2.25. The molecule has 0 saturated heterocycles. The van der Waals surface area contributed by atoms with Crippen LogP contribution in [0.5, 0.6) is 0 Å². The van der Waals surface area contributed by atoms with Crippen molar-refractivity contribution in [1.82, 2.24) is 0 Å². The minimum Gasteiger partial charge on any atom is -0.458 e. The first kappa shape index (κ1) is 20.3. The molecule has 0 spiro atoms. The van der Waals surface area contributed by atoms with Crippen molar-refractivity contribution in [2.75, 3.05) is 0 Å². The van der Waals surface area contributed by atoms with Gasteiger partial charge in [-0.15, -0.1) is 0 Å². The smallest absolute Gasteiger partial charge is 0.303 e. The molecule has 0 amide bonds. The summed E-state index contributed by atoms with van der Waals surface area (Å²) in [7, 11) is 0. The summed E-state index contributed by atoms with van der Waals surface area (Å²) >= 11 is 0. The van der Waals surface area contributed by atoms with Crippen LogP contribution in [0.3, 0.4) is 0 Å². The molecular formula is C22H30O4. The highest BCUT2D eigenvalue weighted by molar-refractivity contribution is 5.89. The molecule has 2 aliphatic carbocycles. The van der Waals surface area contributed by atoms with Gasteiger partial charge in [-0.2, -0.15) is 0 Å². The third kappa shape index (κ3) is 4.40. The predicted molar refractivity (Wildman–Crippen MR) is 101 cm³/mol. The standard InChI is InChI=1S/C22H30O4/c1-12(2)17-8-7-13(3)21(25)18-10-15(5)22(26-16(6)23)19(18)9-14(4)20(24)11-17/h7-9,13-15,17-18,22H,1,10-11H2,2-6H3. The maximum absolute atomic E-state index is 13.1. The first-order valence-electron chi connectivity index (χ1n) is 9.40. The Hall–Kier alpha value is -1.97. The van der Waals surface area contributed by atoms with Gasteiger partial charge in [0.1, 0.15) is 17.7 Å². The zero-order valence-electron chi connectivity index (χ0n) is 16.5. The zero-order chi connectivity index (χ0) is 19.6. The van der Waals surface area contributed by atoms with E-state index in [4.69, 9.17) is 4.74 Å². The molecule has 6 atom stereocenters. The van der Waals surface area contributed by atoms with Crippen molar-refractivity contribution >= 4 is 17.5 Å². The van der Waals surface area contributed by atoms with E-state index >= 15 is 0 Å². The van der Waals surface area contributed by atoms with E-state index in [2.05, 4.69) is 6.58 Å². The SMILES string of the molecule is C=C(C)C1C=CC(C)C(=O)C2CC(C)C(OC(C)=O)C2=CC(C)C(=O)C1. The number of esters is 1. The maximum Gasteiger partial charge on any atom is 0.303 e. The minimum absolute atomic E-state index is 0.0558. The molecule has 2 aliphatic rings. The van der Waals surface area contributed by atoms with Crippen LogP contribution in [0.4, 0.5) is 0 Å². The highest BCUT2D eigenvalue weighted by Gasteiger charge is 2.43. The maximum atomic E-state index is 13.1. The van der Waals surface area contributed by atoms with E-state index in [0.29, 0.717) is 12.8 Å². The summed E-state index contributed by atoms with van der Waals surface area (Å²) in [5.41, 5.74) is 1.72. The van der Waals surface area contributed by atoms with Gasteiger partial charge in [0.25, 0.3) is 0 Å². The molecule has 0 N–H and O–H groups in total. The number of allylic oxidation sites excluding steroid dienone is 4. The van der Waals surface area contributed by atoms with Crippen molar-refractivity contribution < 1.29 is 19.1 Å². The summed E-state index contributed by atoms with van der Waals surface area (Å²) in [5, 5.41) is 0. The van der Waals surface area contributed by atoms with Gasteiger partial charge in [-0.25, -0.2) is 0 Å². The van der Waals surface area contributed by atoms with Gasteiger partial charge < -0.3 is 4.74 Å². The number of rotatable bonds is 2. The highest BCUT2D eigenvalue weighted by Crippen LogP contribution is 2.41. The summed E-state index contributed by atoms with van der Waals surface area (Å²) in [6, 6.07) is 0. The molecule has 26 heavy (non-hydrogen) atoms. The lowest BCUT2D eigenvalue weighted by Gasteiger charge is -2.20. The summed E-state index contributed by atoms with van der Waals surface area (Å²) < 4.78 is 5.52. The third-order valence-corrected chi connectivity index (χ3v) is 5.58. The van der Waals surface area contributed by atoms with Gasteiger partial charge in [-0.3, -0.25) is 14.4 Å². The van der Waals surface area contributed by atoms with Crippen molar-refractivity contribution in [2.45, 2.75) is 53.6 Å². The Kier molecular flexibility index (Phi) is 6.38. The summed E-state index contributed by atoms with van der Waals surface area (Å²) in [4.78, 5) is 37.3. The van der Waals surface area contributed by atoms with Gasteiger partial charge in [-0.1, -0.05) is 51.2 Å². The normalized spacial score (nSPS) is 35.3. The molecule has 6 unspecified atom stereocenters. The van der Waals surface area contributed by atoms with Gasteiger partial charge in [0, 0.05) is 37.0 Å². The Labute approximate surface area is 156 Å². The second-order valence-electron chi connectivity index (χ2n) is 7.95. The molecule has 0 aromatic carbocycles. The Balaban J connectivity index is 2.47. The quantitative estimate of drug-likeness (QED) is 0.552. The molecule has 4 nitrogen and oxygen atoms in total. The summed E-state index contributed by atoms with van der Waals surface area (Å²) in [5.74, 6) is -1.01. The first-order chi connectivity index (χ1) is 12.1. The lowest BCUT2D eigenvalue weighted by molar-refractivity contribution is -0.146. The molecule has 4 heteroatoms. The molecule has 0 radical (unpaired) electrons. The van der Waals surface area contributed by atoms with E-state index in [9.17, 15) is 14.4 Å². The summed E-state index contributed by atoms with van der Waals surface area (Å²) in [6.45, 7) is 13.0. The van der Waals surface area contributed by atoms with Crippen LogP contribution in [0.1, 0.15) is 47.5 Å². The van der Waals surface area contributed by atoms with E-state index < -0.39 is 6.10 Å². The topological polar surface area (TPSA) is 60.4 Å². The number of carbonyl (C=O) groups is 3. The van der Waals surface area contributed by atoms with E-state index in [-0.39, 0.29) is 47.1 Å². The molecule has 0 aliphatic heterocycles. The van der Waals surface area contributed by atoms with Gasteiger partial charge >= 0.3 is 5.97 Å². The number of ether oxygens (including phenoxy) is 1. The van der Waals surface area contributed by atoms with Gasteiger partial charge in [0.15, 0.2) is 0 Å². The van der Waals surface area contributed by atoms with Crippen LogP contribution in [-0.2, 0) is 19.1 Å². The Morgan fingerprint density at radius 3 is 2.35 bits per heavy atom. The Morgan fingerprint density at radius 2 is 1.77 bits per heavy atom.